The van der Waals surface area contributed by atoms with Crippen LogP contribution >= 0.6 is 0 Å². The summed E-state index contributed by atoms with van der Waals surface area (Å²) in [6, 6.07) is 7.04. The van der Waals surface area contributed by atoms with Crippen molar-refractivity contribution < 1.29 is 4.79 Å². The SMILES string of the molecule is CN1CCN([C@H]2CCc3cc(C(=O)NCCN4CCCC4)ccc3C2)CC1. The Morgan fingerprint density at radius 1 is 1.07 bits per heavy atom. The fraction of sp³-hybridized carbons (Fsp3) is 0.682. The third-order valence-electron chi connectivity index (χ3n) is 6.64. The number of carbonyl (C=O) groups is 1. The molecule has 4 rings (SSSR count). The van der Waals surface area contributed by atoms with Gasteiger partial charge in [0.25, 0.3) is 5.91 Å². The lowest BCUT2D eigenvalue weighted by Crippen LogP contribution is -2.50. The number of likely N-dealkylation sites (N-methyl/N-ethyl adjacent to an activating group) is 1. The molecular formula is C22H34N4O. The van der Waals surface area contributed by atoms with Gasteiger partial charge in [0.2, 0.25) is 0 Å². The zero-order valence-corrected chi connectivity index (χ0v) is 16.8. The van der Waals surface area contributed by atoms with Gasteiger partial charge in [0.1, 0.15) is 0 Å². The van der Waals surface area contributed by atoms with Crippen LogP contribution in [0.15, 0.2) is 18.2 Å². The molecule has 0 unspecified atom stereocenters. The van der Waals surface area contributed by atoms with Crippen LogP contribution in [0.2, 0.25) is 0 Å². The third-order valence-corrected chi connectivity index (χ3v) is 6.64. The molecule has 2 fully saturated rings. The topological polar surface area (TPSA) is 38.8 Å². The minimum Gasteiger partial charge on any atom is -0.351 e. The molecule has 1 amide bonds. The monoisotopic (exact) mass is 370 g/mol. The first-order valence-electron chi connectivity index (χ1n) is 10.7. The minimum atomic E-state index is 0.0817. The van der Waals surface area contributed by atoms with Gasteiger partial charge < -0.3 is 15.1 Å². The molecule has 5 heteroatoms. The summed E-state index contributed by atoms with van der Waals surface area (Å²) in [6.45, 7) is 8.83. The highest BCUT2D eigenvalue weighted by atomic mass is 16.1. The Bertz CT molecular complexity index is 648. The first-order valence-corrected chi connectivity index (χ1v) is 10.7. The summed E-state index contributed by atoms with van der Waals surface area (Å²) in [5, 5.41) is 3.10. The standard InChI is InChI=1S/C22H34N4O/c1-24-12-14-26(15-13-24)21-7-6-18-16-20(5-4-19(18)17-21)22(27)23-8-11-25-9-2-3-10-25/h4-5,16,21H,2-3,6-15,17H2,1H3,(H,23,27)/t21-/m0/s1. The fourth-order valence-electron chi connectivity index (χ4n) is 4.81. The summed E-state index contributed by atoms with van der Waals surface area (Å²) in [5.41, 5.74) is 3.65. The average Bonchev–Trinajstić information content (AvgIpc) is 3.21. The molecule has 1 N–H and O–H groups in total. The van der Waals surface area contributed by atoms with Crippen LogP contribution in [0, 0.1) is 0 Å². The molecule has 2 heterocycles. The summed E-state index contributed by atoms with van der Waals surface area (Å²) >= 11 is 0. The van der Waals surface area contributed by atoms with E-state index >= 15 is 0 Å². The van der Waals surface area contributed by atoms with Gasteiger partial charge in [0.05, 0.1) is 0 Å². The van der Waals surface area contributed by atoms with E-state index in [0.717, 1.165) is 31.5 Å². The highest BCUT2D eigenvalue weighted by Crippen LogP contribution is 2.26. The molecule has 148 valence electrons. The van der Waals surface area contributed by atoms with E-state index in [2.05, 4.69) is 39.2 Å². The predicted molar refractivity (Wildman–Crippen MR) is 109 cm³/mol. The first kappa shape index (κ1) is 18.9. The maximum absolute atomic E-state index is 12.5. The van der Waals surface area contributed by atoms with Crippen molar-refractivity contribution in [2.75, 3.05) is 59.4 Å². The van der Waals surface area contributed by atoms with Crippen molar-refractivity contribution >= 4 is 5.91 Å². The molecule has 1 aromatic carbocycles. The number of hydrogen-bond donors (Lipinski definition) is 1. The Hall–Kier alpha value is -1.43. The molecule has 27 heavy (non-hydrogen) atoms. The Morgan fingerprint density at radius 2 is 1.85 bits per heavy atom. The predicted octanol–water partition coefficient (Wildman–Crippen LogP) is 1.62. The number of amides is 1. The van der Waals surface area contributed by atoms with Crippen LogP contribution in [-0.4, -0.2) is 86.1 Å². The van der Waals surface area contributed by atoms with E-state index in [0.29, 0.717) is 6.04 Å². The Kier molecular flexibility index (Phi) is 6.11. The largest absolute Gasteiger partial charge is 0.351 e. The number of likely N-dealkylation sites (tertiary alicyclic amines) is 1. The molecule has 1 aliphatic carbocycles. The summed E-state index contributed by atoms with van der Waals surface area (Å²) in [4.78, 5) is 20.0. The molecule has 0 radical (unpaired) electrons. The zero-order chi connectivity index (χ0) is 18.6. The summed E-state index contributed by atoms with van der Waals surface area (Å²) in [7, 11) is 2.21. The zero-order valence-electron chi connectivity index (χ0n) is 16.8. The number of nitrogens with one attached hydrogen (secondary N) is 1. The van der Waals surface area contributed by atoms with Gasteiger partial charge in [-0.1, -0.05) is 6.07 Å². The molecular weight excluding hydrogens is 336 g/mol. The van der Waals surface area contributed by atoms with Crippen LogP contribution in [0.25, 0.3) is 0 Å². The number of hydrogen-bond acceptors (Lipinski definition) is 4. The molecule has 0 saturated carbocycles. The lowest BCUT2D eigenvalue weighted by molar-refractivity contribution is 0.0949. The molecule has 1 atom stereocenters. The van der Waals surface area contributed by atoms with Crippen molar-refractivity contribution in [3.63, 3.8) is 0 Å². The number of rotatable bonds is 5. The van der Waals surface area contributed by atoms with Crippen LogP contribution in [-0.2, 0) is 12.8 Å². The van der Waals surface area contributed by atoms with E-state index in [1.807, 2.05) is 6.07 Å². The van der Waals surface area contributed by atoms with Gasteiger partial charge in [-0.05, 0) is 75.5 Å². The van der Waals surface area contributed by atoms with Crippen molar-refractivity contribution in [2.45, 2.75) is 38.1 Å². The van der Waals surface area contributed by atoms with Gasteiger partial charge in [-0.2, -0.15) is 0 Å². The number of benzene rings is 1. The fourth-order valence-corrected chi connectivity index (χ4v) is 4.81. The number of nitrogens with zero attached hydrogens (tertiary/aromatic N) is 3. The van der Waals surface area contributed by atoms with E-state index in [1.54, 1.807) is 0 Å². The van der Waals surface area contributed by atoms with Gasteiger partial charge in [-0.25, -0.2) is 0 Å². The lowest BCUT2D eigenvalue weighted by atomic mass is 9.86. The van der Waals surface area contributed by atoms with Gasteiger partial charge in [0.15, 0.2) is 0 Å². The van der Waals surface area contributed by atoms with E-state index in [9.17, 15) is 4.79 Å². The van der Waals surface area contributed by atoms with Crippen molar-refractivity contribution in [3.8, 4) is 0 Å². The van der Waals surface area contributed by atoms with Gasteiger partial charge in [-0.15, -0.1) is 0 Å². The molecule has 1 aromatic rings. The molecule has 3 aliphatic rings. The number of fused-ring (bicyclic) bond motifs is 1. The van der Waals surface area contributed by atoms with E-state index < -0.39 is 0 Å². The summed E-state index contributed by atoms with van der Waals surface area (Å²) < 4.78 is 0. The molecule has 5 nitrogen and oxygen atoms in total. The molecule has 0 bridgehead atoms. The molecule has 2 saturated heterocycles. The molecule has 0 aromatic heterocycles. The van der Waals surface area contributed by atoms with Gasteiger partial charge >= 0.3 is 0 Å². The normalized spacial score (nSPS) is 24.7. The van der Waals surface area contributed by atoms with E-state index in [-0.39, 0.29) is 5.91 Å². The van der Waals surface area contributed by atoms with Gasteiger partial charge in [-0.3, -0.25) is 9.69 Å². The highest BCUT2D eigenvalue weighted by molar-refractivity contribution is 5.94. The summed E-state index contributed by atoms with van der Waals surface area (Å²) in [6.07, 6.45) is 6.05. The maximum Gasteiger partial charge on any atom is 0.251 e. The second kappa shape index (κ2) is 8.72. The Morgan fingerprint density at radius 3 is 2.63 bits per heavy atom. The highest BCUT2D eigenvalue weighted by Gasteiger charge is 2.26. The second-order valence-corrected chi connectivity index (χ2v) is 8.52. The summed E-state index contributed by atoms with van der Waals surface area (Å²) in [5.74, 6) is 0.0817. The Balaban J connectivity index is 1.30. The first-order chi connectivity index (χ1) is 13.2. The van der Waals surface area contributed by atoms with Crippen LogP contribution in [0.1, 0.15) is 40.7 Å². The van der Waals surface area contributed by atoms with Gasteiger partial charge in [0, 0.05) is 50.9 Å². The number of aryl methyl sites for hydroxylation is 1. The number of piperazine rings is 1. The third kappa shape index (κ3) is 4.71. The molecule has 2 aliphatic heterocycles. The van der Waals surface area contributed by atoms with Crippen molar-refractivity contribution in [2.24, 2.45) is 0 Å². The quantitative estimate of drug-likeness (QED) is 0.855. The van der Waals surface area contributed by atoms with Crippen LogP contribution < -0.4 is 5.32 Å². The van der Waals surface area contributed by atoms with Crippen LogP contribution in [0.3, 0.4) is 0 Å². The van der Waals surface area contributed by atoms with Crippen molar-refractivity contribution in [1.82, 2.24) is 20.0 Å². The van der Waals surface area contributed by atoms with Crippen LogP contribution in [0.4, 0.5) is 0 Å². The van der Waals surface area contributed by atoms with Crippen molar-refractivity contribution in [3.05, 3.63) is 34.9 Å². The van der Waals surface area contributed by atoms with E-state index in [1.165, 1.54) is 69.7 Å². The van der Waals surface area contributed by atoms with Crippen LogP contribution in [0.5, 0.6) is 0 Å². The van der Waals surface area contributed by atoms with E-state index in [4.69, 9.17) is 0 Å². The molecule has 0 spiro atoms. The average molecular weight is 371 g/mol. The smallest absolute Gasteiger partial charge is 0.251 e. The Labute approximate surface area is 163 Å². The minimum absolute atomic E-state index is 0.0817. The number of carbonyl (C=O) groups excluding carboxylic acids is 1. The maximum atomic E-state index is 12.5. The van der Waals surface area contributed by atoms with Crippen molar-refractivity contribution in [1.29, 1.82) is 0 Å². The second-order valence-electron chi connectivity index (χ2n) is 8.52. The lowest BCUT2D eigenvalue weighted by Gasteiger charge is -2.40.